The Kier molecular flexibility index (Phi) is 5.41. The molecule has 0 amide bonds. The summed E-state index contributed by atoms with van der Waals surface area (Å²) in [6, 6.07) is 7.81. The zero-order valence-electron chi connectivity index (χ0n) is 12.2. The lowest BCUT2D eigenvalue weighted by molar-refractivity contribution is 0.0505. The molecule has 0 aromatic heterocycles. The van der Waals surface area contributed by atoms with E-state index in [1.165, 1.54) is 12.8 Å². The van der Waals surface area contributed by atoms with E-state index in [9.17, 15) is 4.79 Å². The van der Waals surface area contributed by atoms with Crippen molar-refractivity contribution in [2.75, 3.05) is 25.6 Å². The monoisotopic (exact) mass is 277 g/mol. The summed E-state index contributed by atoms with van der Waals surface area (Å²) < 4.78 is 10.4. The van der Waals surface area contributed by atoms with Gasteiger partial charge in [0.2, 0.25) is 0 Å². The van der Waals surface area contributed by atoms with Crippen LogP contribution in [0.25, 0.3) is 0 Å². The number of hydrogen-bond donors (Lipinski definition) is 1. The molecule has 1 atom stereocenters. The minimum absolute atomic E-state index is 0.256. The maximum Gasteiger partial charge on any atom is 0.338 e. The fraction of sp³-hybridized carbons (Fsp3) is 0.562. The third-order valence-corrected chi connectivity index (χ3v) is 3.45. The van der Waals surface area contributed by atoms with Crippen LogP contribution in [-0.4, -0.2) is 32.3 Å². The summed E-state index contributed by atoms with van der Waals surface area (Å²) in [5.74, 6) is 0.457. The Morgan fingerprint density at radius 1 is 1.35 bits per heavy atom. The molecule has 1 aromatic rings. The van der Waals surface area contributed by atoms with Crippen molar-refractivity contribution >= 4 is 11.7 Å². The second kappa shape index (κ2) is 7.29. The van der Waals surface area contributed by atoms with Gasteiger partial charge in [0.1, 0.15) is 0 Å². The van der Waals surface area contributed by atoms with E-state index in [1.807, 2.05) is 19.1 Å². The highest BCUT2D eigenvalue weighted by molar-refractivity contribution is 5.89. The van der Waals surface area contributed by atoms with E-state index < -0.39 is 0 Å². The normalized spacial score (nSPS) is 15.7. The number of benzene rings is 1. The standard InChI is InChI=1S/C16H23NO3/c1-3-10-20-16(18)13-6-8-14(9-7-13)17-15(11-19-2)12-4-5-12/h6-9,12,15,17H,3-5,10-11H2,1-2H3. The van der Waals surface area contributed by atoms with Gasteiger partial charge in [-0.25, -0.2) is 4.79 Å². The quantitative estimate of drug-likeness (QED) is 0.742. The average Bonchev–Trinajstić information content (AvgIpc) is 3.29. The molecule has 1 fully saturated rings. The number of ether oxygens (including phenoxy) is 2. The zero-order chi connectivity index (χ0) is 14.4. The summed E-state index contributed by atoms with van der Waals surface area (Å²) in [6.07, 6.45) is 3.37. The number of nitrogens with one attached hydrogen (secondary N) is 1. The lowest BCUT2D eigenvalue weighted by Gasteiger charge is -2.18. The minimum atomic E-state index is -0.256. The molecule has 0 bridgehead atoms. The molecule has 1 saturated carbocycles. The average molecular weight is 277 g/mol. The van der Waals surface area contributed by atoms with Crippen LogP contribution in [0.3, 0.4) is 0 Å². The van der Waals surface area contributed by atoms with Gasteiger partial charge in [0.05, 0.1) is 24.8 Å². The molecular weight excluding hydrogens is 254 g/mol. The second-order valence-corrected chi connectivity index (χ2v) is 5.26. The van der Waals surface area contributed by atoms with Gasteiger partial charge in [0.25, 0.3) is 0 Å². The van der Waals surface area contributed by atoms with Crippen LogP contribution in [0.4, 0.5) is 5.69 Å². The number of carbonyl (C=O) groups is 1. The van der Waals surface area contributed by atoms with E-state index in [0.29, 0.717) is 30.7 Å². The Morgan fingerprint density at radius 2 is 2.05 bits per heavy atom. The SMILES string of the molecule is CCCOC(=O)c1ccc(NC(COC)C2CC2)cc1. The topological polar surface area (TPSA) is 47.6 Å². The van der Waals surface area contributed by atoms with Crippen molar-refractivity contribution in [3.63, 3.8) is 0 Å². The molecule has 4 nitrogen and oxygen atoms in total. The first-order valence-electron chi connectivity index (χ1n) is 7.27. The minimum Gasteiger partial charge on any atom is -0.462 e. The maximum absolute atomic E-state index is 11.7. The van der Waals surface area contributed by atoms with Gasteiger partial charge in [-0.3, -0.25) is 0 Å². The Morgan fingerprint density at radius 3 is 2.60 bits per heavy atom. The van der Waals surface area contributed by atoms with Crippen molar-refractivity contribution < 1.29 is 14.3 Å². The van der Waals surface area contributed by atoms with Gasteiger partial charge < -0.3 is 14.8 Å². The van der Waals surface area contributed by atoms with Gasteiger partial charge in [-0.05, 0) is 49.4 Å². The molecule has 0 aliphatic heterocycles. The lowest BCUT2D eigenvalue weighted by atomic mass is 10.1. The van der Waals surface area contributed by atoms with Gasteiger partial charge in [0.15, 0.2) is 0 Å². The number of anilines is 1. The molecule has 1 N–H and O–H groups in total. The van der Waals surface area contributed by atoms with Crippen molar-refractivity contribution in [1.82, 2.24) is 0 Å². The van der Waals surface area contributed by atoms with Crippen LogP contribution in [0, 0.1) is 5.92 Å². The molecule has 1 aromatic carbocycles. The predicted molar refractivity (Wildman–Crippen MR) is 79.0 cm³/mol. The highest BCUT2D eigenvalue weighted by Gasteiger charge is 2.31. The van der Waals surface area contributed by atoms with Crippen LogP contribution in [0.5, 0.6) is 0 Å². The van der Waals surface area contributed by atoms with Crippen LogP contribution >= 0.6 is 0 Å². The molecule has 0 spiro atoms. The van der Waals surface area contributed by atoms with Crippen LogP contribution < -0.4 is 5.32 Å². The predicted octanol–water partition coefficient (Wildman–Crippen LogP) is 3.09. The molecule has 20 heavy (non-hydrogen) atoms. The van der Waals surface area contributed by atoms with Crippen LogP contribution in [-0.2, 0) is 9.47 Å². The largest absolute Gasteiger partial charge is 0.462 e. The highest BCUT2D eigenvalue weighted by Crippen LogP contribution is 2.34. The molecule has 1 unspecified atom stereocenters. The molecule has 110 valence electrons. The molecular formula is C16H23NO3. The number of rotatable bonds is 8. The highest BCUT2D eigenvalue weighted by atomic mass is 16.5. The third kappa shape index (κ3) is 4.23. The fourth-order valence-electron chi connectivity index (χ4n) is 2.17. The number of esters is 1. The fourth-order valence-corrected chi connectivity index (χ4v) is 2.17. The molecule has 0 saturated heterocycles. The Labute approximate surface area is 120 Å². The number of methoxy groups -OCH3 is 1. The third-order valence-electron chi connectivity index (χ3n) is 3.45. The van der Waals surface area contributed by atoms with Crippen LogP contribution in [0.1, 0.15) is 36.5 Å². The van der Waals surface area contributed by atoms with Gasteiger partial charge in [-0.2, -0.15) is 0 Å². The smallest absolute Gasteiger partial charge is 0.338 e. The van der Waals surface area contributed by atoms with Crippen LogP contribution in [0.15, 0.2) is 24.3 Å². The van der Waals surface area contributed by atoms with E-state index in [0.717, 1.165) is 12.1 Å². The summed E-state index contributed by atoms with van der Waals surface area (Å²) in [5, 5.41) is 3.47. The first-order chi connectivity index (χ1) is 9.74. The number of hydrogen-bond acceptors (Lipinski definition) is 4. The maximum atomic E-state index is 11.7. The molecule has 0 heterocycles. The molecule has 4 heteroatoms. The van der Waals surface area contributed by atoms with Crippen molar-refractivity contribution in [1.29, 1.82) is 0 Å². The summed E-state index contributed by atoms with van der Waals surface area (Å²) >= 11 is 0. The molecule has 1 aliphatic carbocycles. The van der Waals surface area contributed by atoms with Gasteiger partial charge in [-0.15, -0.1) is 0 Å². The lowest BCUT2D eigenvalue weighted by Crippen LogP contribution is -2.27. The van der Waals surface area contributed by atoms with E-state index >= 15 is 0 Å². The Balaban J connectivity index is 1.91. The summed E-state index contributed by atoms with van der Waals surface area (Å²) in [7, 11) is 1.73. The van der Waals surface area contributed by atoms with Gasteiger partial charge in [-0.1, -0.05) is 6.92 Å². The van der Waals surface area contributed by atoms with E-state index in [1.54, 1.807) is 19.2 Å². The molecule has 2 rings (SSSR count). The van der Waals surface area contributed by atoms with E-state index in [4.69, 9.17) is 9.47 Å². The van der Waals surface area contributed by atoms with Gasteiger partial charge >= 0.3 is 5.97 Å². The van der Waals surface area contributed by atoms with Crippen molar-refractivity contribution in [2.45, 2.75) is 32.2 Å². The van der Waals surface area contributed by atoms with Crippen molar-refractivity contribution in [3.05, 3.63) is 29.8 Å². The first kappa shape index (κ1) is 14.9. The molecule has 0 radical (unpaired) electrons. The Hall–Kier alpha value is -1.55. The van der Waals surface area contributed by atoms with Crippen molar-refractivity contribution in [2.24, 2.45) is 5.92 Å². The summed E-state index contributed by atoms with van der Waals surface area (Å²) in [6.45, 7) is 3.16. The van der Waals surface area contributed by atoms with E-state index in [-0.39, 0.29) is 5.97 Å². The van der Waals surface area contributed by atoms with E-state index in [2.05, 4.69) is 5.32 Å². The second-order valence-electron chi connectivity index (χ2n) is 5.26. The van der Waals surface area contributed by atoms with Gasteiger partial charge in [0, 0.05) is 12.8 Å². The molecule has 1 aliphatic rings. The van der Waals surface area contributed by atoms with Crippen molar-refractivity contribution in [3.8, 4) is 0 Å². The summed E-state index contributed by atoms with van der Waals surface area (Å²) in [4.78, 5) is 11.7. The summed E-state index contributed by atoms with van der Waals surface area (Å²) in [5.41, 5.74) is 1.62. The first-order valence-corrected chi connectivity index (χ1v) is 7.27. The Bertz CT molecular complexity index is 426. The van der Waals surface area contributed by atoms with Crippen LogP contribution in [0.2, 0.25) is 0 Å². The number of carbonyl (C=O) groups excluding carboxylic acids is 1. The zero-order valence-corrected chi connectivity index (χ0v) is 12.2.